The van der Waals surface area contributed by atoms with Crippen molar-refractivity contribution in [2.75, 3.05) is 6.54 Å². The molecule has 0 aliphatic heterocycles. The average Bonchev–Trinajstić information content (AvgIpc) is 3.25. The van der Waals surface area contributed by atoms with Crippen molar-refractivity contribution in [3.05, 3.63) is 61.1 Å². The van der Waals surface area contributed by atoms with E-state index in [0.29, 0.717) is 12.2 Å². The Labute approximate surface area is 127 Å². The van der Waals surface area contributed by atoms with Crippen molar-refractivity contribution in [2.45, 2.75) is 13.0 Å². The molecule has 0 saturated carbocycles. The minimum Gasteiger partial charge on any atom is -0.464 e. The second-order valence-corrected chi connectivity index (χ2v) is 4.82. The number of hydrogen-bond donors (Lipinski definition) is 1. The van der Waals surface area contributed by atoms with Gasteiger partial charge in [-0.15, -0.1) is 0 Å². The van der Waals surface area contributed by atoms with Gasteiger partial charge in [0.2, 0.25) is 0 Å². The van der Waals surface area contributed by atoms with Crippen molar-refractivity contribution in [2.24, 2.45) is 0 Å². The van der Waals surface area contributed by atoms with Gasteiger partial charge in [0.15, 0.2) is 0 Å². The number of imidazole rings is 1. The standard InChI is InChI=1S/C16H16N4O2/c21-16(18-6-2-8-20-9-7-17-12-20)14-5-4-13(11-19-14)15-3-1-10-22-15/h1,3-5,7,9-12H,2,6,8H2,(H,18,21). The molecule has 112 valence electrons. The van der Waals surface area contributed by atoms with E-state index in [9.17, 15) is 4.79 Å². The lowest BCUT2D eigenvalue weighted by molar-refractivity contribution is 0.0948. The van der Waals surface area contributed by atoms with Crippen LogP contribution in [0.15, 0.2) is 59.9 Å². The molecule has 0 spiro atoms. The lowest BCUT2D eigenvalue weighted by Gasteiger charge is -2.05. The van der Waals surface area contributed by atoms with Crippen LogP contribution in [-0.4, -0.2) is 27.0 Å². The molecule has 0 atom stereocenters. The molecule has 3 rings (SSSR count). The lowest BCUT2D eigenvalue weighted by atomic mass is 10.2. The average molecular weight is 296 g/mol. The van der Waals surface area contributed by atoms with Crippen LogP contribution >= 0.6 is 0 Å². The van der Waals surface area contributed by atoms with E-state index in [1.165, 1.54) is 0 Å². The molecule has 0 aliphatic rings. The summed E-state index contributed by atoms with van der Waals surface area (Å²) in [5.41, 5.74) is 1.25. The summed E-state index contributed by atoms with van der Waals surface area (Å²) in [5, 5.41) is 2.86. The molecule has 0 saturated heterocycles. The van der Waals surface area contributed by atoms with Crippen molar-refractivity contribution >= 4 is 5.91 Å². The summed E-state index contributed by atoms with van der Waals surface area (Å²) in [6.45, 7) is 1.42. The molecule has 3 aromatic rings. The molecule has 0 radical (unpaired) electrons. The monoisotopic (exact) mass is 296 g/mol. The molecular formula is C16H16N4O2. The summed E-state index contributed by atoms with van der Waals surface area (Å²) in [4.78, 5) is 20.1. The van der Waals surface area contributed by atoms with Crippen LogP contribution in [0.1, 0.15) is 16.9 Å². The first-order chi connectivity index (χ1) is 10.8. The summed E-state index contributed by atoms with van der Waals surface area (Å²) >= 11 is 0. The Morgan fingerprint density at radius 1 is 1.32 bits per heavy atom. The summed E-state index contributed by atoms with van der Waals surface area (Å²) in [7, 11) is 0. The van der Waals surface area contributed by atoms with Gasteiger partial charge in [-0.1, -0.05) is 0 Å². The van der Waals surface area contributed by atoms with E-state index in [-0.39, 0.29) is 5.91 Å². The van der Waals surface area contributed by atoms with Gasteiger partial charge in [-0.2, -0.15) is 0 Å². The first kappa shape index (κ1) is 14.1. The summed E-state index contributed by atoms with van der Waals surface area (Å²) in [6.07, 6.45) is 9.48. The van der Waals surface area contributed by atoms with E-state index in [2.05, 4.69) is 15.3 Å². The quantitative estimate of drug-likeness (QED) is 0.709. The Bertz CT molecular complexity index is 703. The molecule has 0 aromatic carbocycles. The fourth-order valence-corrected chi connectivity index (χ4v) is 2.09. The van der Waals surface area contributed by atoms with Gasteiger partial charge in [0.25, 0.3) is 5.91 Å². The second-order valence-electron chi connectivity index (χ2n) is 4.82. The van der Waals surface area contributed by atoms with Crippen LogP contribution < -0.4 is 5.32 Å². The summed E-state index contributed by atoms with van der Waals surface area (Å²) in [5.74, 6) is 0.566. The van der Waals surface area contributed by atoms with Crippen LogP contribution in [-0.2, 0) is 6.54 Å². The third-order valence-electron chi connectivity index (χ3n) is 3.24. The van der Waals surface area contributed by atoms with Gasteiger partial charge in [-0.25, -0.2) is 4.98 Å². The van der Waals surface area contributed by atoms with Crippen LogP contribution in [0.25, 0.3) is 11.3 Å². The highest BCUT2D eigenvalue weighted by molar-refractivity contribution is 5.92. The maximum absolute atomic E-state index is 12.0. The highest BCUT2D eigenvalue weighted by Crippen LogP contribution is 2.18. The number of nitrogens with zero attached hydrogens (tertiary/aromatic N) is 3. The molecule has 6 heteroatoms. The molecule has 1 N–H and O–H groups in total. The number of nitrogens with one attached hydrogen (secondary N) is 1. The van der Waals surface area contributed by atoms with Gasteiger partial charge in [0.1, 0.15) is 11.5 Å². The van der Waals surface area contributed by atoms with Crippen LogP contribution in [0.5, 0.6) is 0 Å². The second kappa shape index (κ2) is 6.71. The van der Waals surface area contributed by atoms with Gasteiger partial charge in [-0.3, -0.25) is 9.78 Å². The lowest BCUT2D eigenvalue weighted by Crippen LogP contribution is -2.26. The van der Waals surface area contributed by atoms with Crippen molar-refractivity contribution < 1.29 is 9.21 Å². The van der Waals surface area contributed by atoms with Crippen molar-refractivity contribution in [1.29, 1.82) is 0 Å². The largest absolute Gasteiger partial charge is 0.464 e. The van der Waals surface area contributed by atoms with Gasteiger partial charge >= 0.3 is 0 Å². The minimum absolute atomic E-state index is 0.170. The van der Waals surface area contributed by atoms with Gasteiger partial charge in [-0.05, 0) is 30.7 Å². The Hall–Kier alpha value is -2.89. The third-order valence-corrected chi connectivity index (χ3v) is 3.24. The maximum atomic E-state index is 12.0. The third kappa shape index (κ3) is 3.41. The zero-order valence-corrected chi connectivity index (χ0v) is 12.0. The molecule has 3 heterocycles. The molecular weight excluding hydrogens is 280 g/mol. The number of amides is 1. The zero-order valence-electron chi connectivity index (χ0n) is 12.0. The number of furan rings is 1. The van der Waals surface area contributed by atoms with E-state index < -0.39 is 0 Å². The molecule has 3 aromatic heterocycles. The molecule has 0 aliphatic carbocycles. The number of hydrogen-bond acceptors (Lipinski definition) is 4. The van der Waals surface area contributed by atoms with Crippen LogP contribution in [0.3, 0.4) is 0 Å². The van der Waals surface area contributed by atoms with Gasteiger partial charge in [0, 0.05) is 37.2 Å². The number of carbonyl (C=O) groups is 1. The Morgan fingerprint density at radius 2 is 2.27 bits per heavy atom. The molecule has 1 amide bonds. The molecule has 6 nitrogen and oxygen atoms in total. The Morgan fingerprint density at radius 3 is 2.95 bits per heavy atom. The summed E-state index contributed by atoms with van der Waals surface area (Å²) in [6, 6.07) is 7.19. The fourth-order valence-electron chi connectivity index (χ4n) is 2.09. The smallest absolute Gasteiger partial charge is 0.269 e. The Balaban J connectivity index is 1.49. The van der Waals surface area contributed by atoms with Gasteiger partial charge in [0.05, 0.1) is 12.6 Å². The molecule has 22 heavy (non-hydrogen) atoms. The number of aryl methyl sites for hydroxylation is 1. The number of carbonyl (C=O) groups excluding carboxylic acids is 1. The number of aromatic nitrogens is 3. The van der Waals surface area contributed by atoms with Crippen molar-refractivity contribution in [1.82, 2.24) is 19.9 Å². The van der Waals surface area contributed by atoms with Crippen molar-refractivity contribution in [3.8, 4) is 11.3 Å². The predicted molar refractivity (Wildman–Crippen MR) is 81.1 cm³/mol. The van der Waals surface area contributed by atoms with E-state index in [0.717, 1.165) is 24.3 Å². The minimum atomic E-state index is -0.170. The number of pyridine rings is 1. The Kier molecular flexibility index (Phi) is 4.29. The van der Waals surface area contributed by atoms with Crippen LogP contribution in [0.2, 0.25) is 0 Å². The molecule has 0 bridgehead atoms. The predicted octanol–water partition coefficient (Wildman–Crippen LogP) is 2.36. The van der Waals surface area contributed by atoms with E-state index in [1.54, 1.807) is 31.1 Å². The van der Waals surface area contributed by atoms with E-state index in [4.69, 9.17) is 4.42 Å². The van der Waals surface area contributed by atoms with Crippen molar-refractivity contribution in [3.63, 3.8) is 0 Å². The normalized spacial score (nSPS) is 10.5. The highest BCUT2D eigenvalue weighted by atomic mass is 16.3. The fraction of sp³-hybridized carbons (Fsp3) is 0.188. The highest BCUT2D eigenvalue weighted by Gasteiger charge is 2.07. The van der Waals surface area contributed by atoms with E-state index >= 15 is 0 Å². The topological polar surface area (TPSA) is 73.0 Å². The SMILES string of the molecule is O=C(NCCCn1ccnc1)c1ccc(-c2ccco2)cn1. The first-order valence-corrected chi connectivity index (χ1v) is 7.07. The summed E-state index contributed by atoms with van der Waals surface area (Å²) < 4.78 is 7.26. The first-order valence-electron chi connectivity index (χ1n) is 7.07. The van der Waals surface area contributed by atoms with Gasteiger partial charge < -0.3 is 14.3 Å². The number of rotatable bonds is 6. The van der Waals surface area contributed by atoms with Crippen LogP contribution in [0, 0.1) is 0 Å². The van der Waals surface area contributed by atoms with Crippen LogP contribution in [0.4, 0.5) is 0 Å². The molecule has 0 fully saturated rings. The van der Waals surface area contributed by atoms with E-state index in [1.807, 2.05) is 29.0 Å². The zero-order chi connectivity index (χ0) is 15.2. The molecule has 0 unspecified atom stereocenters. The maximum Gasteiger partial charge on any atom is 0.269 e.